The summed E-state index contributed by atoms with van der Waals surface area (Å²) in [5, 5.41) is 12.5. The Labute approximate surface area is 175 Å². The Bertz CT molecular complexity index is 849. The van der Waals surface area contributed by atoms with Crippen LogP contribution >= 0.6 is 7.75 Å². The largest absolute Gasteiger partial charge is 0.460 e. The number of nitrogens with one attached hydrogen (secondary N) is 1. The van der Waals surface area contributed by atoms with Gasteiger partial charge in [-0.2, -0.15) is 5.09 Å². The van der Waals surface area contributed by atoms with Crippen LogP contribution in [0.3, 0.4) is 0 Å². The number of ether oxygens (including phenoxy) is 2. The zero-order valence-electron chi connectivity index (χ0n) is 16.7. The summed E-state index contributed by atoms with van der Waals surface area (Å²) in [6.45, 7) is 1.86. The molecule has 3 rings (SSSR count). The first-order valence-corrected chi connectivity index (χ1v) is 11.3. The van der Waals surface area contributed by atoms with Gasteiger partial charge in [0.25, 0.3) is 0 Å². The standard InChI is InChI=1S/C21H26NO7P/c1-16(21(24)27-14-17-8-4-2-5-9-17)22-30(25,29-18-10-6-3-7-11-18)28-15-20-19(23)12-13-26-20/h2-11,16,19-20,23H,12-15H2,1H3,(H,22,25)/t16-,19?,20+,30?/m0/s1. The summed E-state index contributed by atoms with van der Waals surface area (Å²) >= 11 is 0. The van der Waals surface area contributed by atoms with Crippen LogP contribution in [-0.2, 0) is 30.0 Å². The Balaban J connectivity index is 1.62. The van der Waals surface area contributed by atoms with Crippen molar-refractivity contribution in [3.05, 3.63) is 66.2 Å². The van der Waals surface area contributed by atoms with Crippen LogP contribution in [0.5, 0.6) is 5.75 Å². The predicted molar refractivity (Wildman–Crippen MR) is 110 cm³/mol. The van der Waals surface area contributed by atoms with Crippen LogP contribution in [0.4, 0.5) is 0 Å². The highest BCUT2D eigenvalue weighted by Crippen LogP contribution is 2.45. The van der Waals surface area contributed by atoms with Crippen molar-refractivity contribution in [2.75, 3.05) is 13.2 Å². The lowest BCUT2D eigenvalue weighted by atomic mass is 10.2. The number of rotatable bonds is 10. The molecule has 2 unspecified atom stereocenters. The molecule has 2 aromatic carbocycles. The van der Waals surface area contributed by atoms with Gasteiger partial charge in [-0.15, -0.1) is 0 Å². The Morgan fingerprint density at radius 2 is 1.87 bits per heavy atom. The molecule has 2 N–H and O–H groups in total. The molecule has 0 aliphatic carbocycles. The minimum absolute atomic E-state index is 0.0957. The maximum Gasteiger partial charge on any atom is 0.459 e. The second-order valence-electron chi connectivity index (χ2n) is 6.91. The fraction of sp³-hybridized carbons (Fsp3) is 0.381. The second kappa shape index (κ2) is 10.7. The van der Waals surface area contributed by atoms with E-state index in [-0.39, 0.29) is 13.2 Å². The van der Waals surface area contributed by atoms with E-state index in [1.165, 1.54) is 6.92 Å². The minimum atomic E-state index is -3.97. The van der Waals surface area contributed by atoms with Crippen molar-refractivity contribution in [3.63, 3.8) is 0 Å². The van der Waals surface area contributed by atoms with Gasteiger partial charge in [0.05, 0.1) is 12.7 Å². The van der Waals surface area contributed by atoms with Crippen LogP contribution < -0.4 is 9.61 Å². The molecule has 4 atom stereocenters. The summed E-state index contributed by atoms with van der Waals surface area (Å²) in [5.74, 6) is -0.289. The third kappa shape index (κ3) is 6.65. The number of esters is 1. The van der Waals surface area contributed by atoms with Gasteiger partial charge in [-0.3, -0.25) is 9.32 Å². The van der Waals surface area contributed by atoms with Crippen LogP contribution in [0, 0.1) is 0 Å². The minimum Gasteiger partial charge on any atom is -0.460 e. The van der Waals surface area contributed by atoms with E-state index in [4.69, 9.17) is 18.5 Å². The smallest absolute Gasteiger partial charge is 0.459 e. The number of carbonyl (C=O) groups is 1. The van der Waals surface area contributed by atoms with E-state index in [1.54, 1.807) is 30.3 Å². The summed E-state index contributed by atoms with van der Waals surface area (Å²) in [6, 6.07) is 16.8. The van der Waals surface area contributed by atoms with Crippen LogP contribution in [0.15, 0.2) is 60.7 Å². The van der Waals surface area contributed by atoms with Crippen LogP contribution in [0.1, 0.15) is 18.9 Å². The summed E-state index contributed by atoms with van der Waals surface area (Å²) in [7, 11) is -3.97. The third-order valence-electron chi connectivity index (χ3n) is 4.48. The number of hydrogen-bond donors (Lipinski definition) is 2. The van der Waals surface area contributed by atoms with E-state index in [9.17, 15) is 14.5 Å². The molecule has 1 heterocycles. The summed E-state index contributed by atoms with van der Waals surface area (Å²) in [5.41, 5.74) is 0.838. The average Bonchev–Trinajstić information content (AvgIpc) is 3.16. The quantitative estimate of drug-likeness (QED) is 0.434. The molecule has 1 aliphatic heterocycles. The number of aliphatic hydroxyl groups is 1. The Hall–Kier alpha value is -2.22. The zero-order valence-corrected chi connectivity index (χ0v) is 17.6. The molecule has 1 fully saturated rings. The Morgan fingerprint density at radius 1 is 1.20 bits per heavy atom. The number of aliphatic hydroxyl groups excluding tert-OH is 1. The average molecular weight is 435 g/mol. The van der Waals surface area contributed by atoms with Gasteiger partial charge in [0.1, 0.15) is 24.5 Å². The topological polar surface area (TPSA) is 103 Å². The maximum atomic E-state index is 13.3. The molecular weight excluding hydrogens is 409 g/mol. The molecule has 1 aliphatic rings. The van der Waals surface area contributed by atoms with Crippen molar-refractivity contribution in [3.8, 4) is 5.75 Å². The van der Waals surface area contributed by atoms with Gasteiger partial charge in [0.2, 0.25) is 0 Å². The Kier molecular flexibility index (Phi) is 8.01. The van der Waals surface area contributed by atoms with Crippen LogP contribution in [-0.4, -0.2) is 42.5 Å². The van der Waals surface area contributed by atoms with Gasteiger partial charge in [-0.25, -0.2) is 4.57 Å². The van der Waals surface area contributed by atoms with Gasteiger partial charge in [-0.05, 0) is 31.0 Å². The van der Waals surface area contributed by atoms with Gasteiger partial charge >= 0.3 is 13.7 Å². The molecule has 0 radical (unpaired) electrons. The molecule has 8 nitrogen and oxygen atoms in total. The molecule has 0 bridgehead atoms. The van der Waals surface area contributed by atoms with Crippen molar-refractivity contribution in [1.82, 2.24) is 5.09 Å². The SMILES string of the molecule is C[C@H](NP(=O)(OC[C@H]1OCCC1O)Oc1ccccc1)C(=O)OCc1ccccc1. The summed E-state index contributed by atoms with van der Waals surface area (Å²) in [4.78, 5) is 12.4. The van der Waals surface area contributed by atoms with Gasteiger partial charge < -0.3 is 19.1 Å². The van der Waals surface area contributed by atoms with Crippen molar-refractivity contribution in [2.24, 2.45) is 0 Å². The Morgan fingerprint density at radius 3 is 2.50 bits per heavy atom. The molecular formula is C21H26NO7P. The molecule has 0 aromatic heterocycles. The lowest BCUT2D eigenvalue weighted by molar-refractivity contribution is -0.146. The van der Waals surface area contributed by atoms with Crippen molar-refractivity contribution >= 4 is 13.7 Å². The highest BCUT2D eigenvalue weighted by atomic mass is 31.2. The molecule has 9 heteroatoms. The summed E-state index contributed by atoms with van der Waals surface area (Å²) in [6.07, 6.45) is -0.837. The molecule has 0 amide bonds. The van der Waals surface area contributed by atoms with Gasteiger partial charge in [0, 0.05) is 6.61 Å². The lowest BCUT2D eigenvalue weighted by Gasteiger charge is -2.24. The van der Waals surface area contributed by atoms with E-state index in [1.807, 2.05) is 30.3 Å². The first-order valence-electron chi connectivity index (χ1n) is 9.72. The molecule has 30 heavy (non-hydrogen) atoms. The summed E-state index contributed by atoms with van der Waals surface area (Å²) < 4.78 is 35.1. The molecule has 162 valence electrons. The molecule has 1 saturated heterocycles. The first-order chi connectivity index (χ1) is 14.5. The monoisotopic (exact) mass is 435 g/mol. The van der Waals surface area contributed by atoms with E-state index in [0.29, 0.717) is 18.8 Å². The van der Waals surface area contributed by atoms with Gasteiger partial charge in [0.15, 0.2) is 0 Å². The van der Waals surface area contributed by atoms with E-state index < -0.39 is 32.0 Å². The fourth-order valence-corrected chi connectivity index (χ4v) is 4.32. The zero-order chi connectivity index (χ0) is 21.4. The number of hydrogen-bond acceptors (Lipinski definition) is 7. The van der Waals surface area contributed by atoms with E-state index >= 15 is 0 Å². The first kappa shape index (κ1) is 22.5. The molecule has 0 spiro atoms. The highest BCUT2D eigenvalue weighted by Gasteiger charge is 2.35. The van der Waals surface area contributed by atoms with Crippen LogP contribution in [0.25, 0.3) is 0 Å². The lowest BCUT2D eigenvalue weighted by Crippen LogP contribution is -2.36. The van der Waals surface area contributed by atoms with Crippen LogP contribution in [0.2, 0.25) is 0 Å². The third-order valence-corrected chi connectivity index (χ3v) is 6.13. The van der Waals surface area contributed by atoms with Crippen molar-refractivity contribution in [1.29, 1.82) is 0 Å². The number of benzene rings is 2. The number of carbonyl (C=O) groups excluding carboxylic acids is 1. The second-order valence-corrected chi connectivity index (χ2v) is 8.60. The van der Waals surface area contributed by atoms with Crippen molar-refractivity contribution < 1.29 is 33.0 Å². The maximum absolute atomic E-state index is 13.3. The molecule has 0 saturated carbocycles. The normalized spacial score (nSPS) is 21.5. The fourth-order valence-electron chi connectivity index (χ4n) is 2.82. The van der Waals surface area contributed by atoms with Crippen molar-refractivity contribution in [2.45, 2.75) is 38.2 Å². The van der Waals surface area contributed by atoms with E-state index in [0.717, 1.165) is 5.56 Å². The molecule has 2 aromatic rings. The van der Waals surface area contributed by atoms with Gasteiger partial charge in [-0.1, -0.05) is 48.5 Å². The predicted octanol–water partition coefficient (Wildman–Crippen LogP) is 3.06. The highest BCUT2D eigenvalue weighted by molar-refractivity contribution is 7.52. The number of para-hydroxylation sites is 1. The van der Waals surface area contributed by atoms with E-state index in [2.05, 4.69) is 5.09 Å².